The average Bonchev–Trinajstić information content (AvgIpc) is 2.74. The van der Waals surface area contributed by atoms with Crippen molar-refractivity contribution in [3.8, 4) is 0 Å². The maximum Gasteiger partial charge on any atom is 0.187 e. The largest absolute Gasteiger partial charge is 0.292 e. The second-order valence-corrected chi connectivity index (χ2v) is 8.17. The minimum absolute atomic E-state index is 0.0996. The first-order valence-corrected chi connectivity index (χ1v) is 8.80. The van der Waals surface area contributed by atoms with Crippen LogP contribution >= 0.6 is 11.3 Å². The summed E-state index contributed by atoms with van der Waals surface area (Å²) in [6, 6.07) is 3.61. The molecule has 1 aromatic rings. The Hall–Kier alpha value is -0.680. The molecule has 0 fully saturated rings. The maximum absolute atomic E-state index is 11.9. The van der Waals surface area contributed by atoms with Crippen molar-refractivity contribution in [2.45, 2.75) is 33.6 Å². The van der Waals surface area contributed by atoms with Crippen LogP contribution < -0.4 is 0 Å². The van der Waals surface area contributed by atoms with Gasteiger partial charge in [-0.25, -0.2) is 8.42 Å². The van der Waals surface area contributed by atoms with Crippen molar-refractivity contribution in [2.24, 2.45) is 5.92 Å². The van der Waals surface area contributed by atoms with Gasteiger partial charge in [0, 0.05) is 4.88 Å². The lowest BCUT2D eigenvalue weighted by Gasteiger charge is -2.05. The Balaban J connectivity index is 2.63. The molecule has 1 heterocycles. The van der Waals surface area contributed by atoms with Gasteiger partial charge in [-0.15, -0.1) is 11.3 Å². The van der Waals surface area contributed by atoms with Crippen LogP contribution in [-0.4, -0.2) is 25.7 Å². The van der Waals surface area contributed by atoms with Crippen LogP contribution in [0.5, 0.6) is 0 Å². The third-order valence-electron chi connectivity index (χ3n) is 2.64. The van der Waals surface area contributed by atoms with Crippen molar-refractivity contribution in [3.05, 3.63) is 21.9 Å². The van der Waals surface area contributed by atoms with E-state index in [0.29, 0.717) is 17.2 Å². The molecule has 0 spiro atoms. The van der Waals surface area contributed by atoms with Gasteiger partial charge < -0.3 is 0 Å². The molecule has 0 N–H and O–H groups in total. The van der Waals surface area contributed by atoms with Gasteiger partial charge in [0.25, 0.3) is 0 Å². The van der Waals surface area contributed by atoms with E-state index in [1.165, 1.54) is 11.3 Å². The molecule has 0 aromatic carbocycles. The van der Waals surface area contributed by atoms with Gasteiger partial charge in [-0.05, 0) is 30.9 Å². The molecule has 0 amide bonds. The molecular weight excluding hydrogens is 268 g/mol. The molecule has 0 saturated carbocycles. The monoisotopic (exact) mass is 288 g/mol. The SMILES string of the molecule is CCc1ccc(C(=O)CS(=O)(=O)CCC(C)C)s1. The number of rotatable bonds is 7. The van der Waals surface area contributed by atoms with Crippen LogP contribution in [0.2, 0.25) is 0 Å². The fraction of sp³-hybridized carbons (Fsp3) is 0.615. The topological polar surface area (TPSA) is 51.2 Å². The zero-order valence-electron chi connectivity index (χ0n) is 11.1. The lowest BCUT2D eigenvalue weighted by Crippen LogP contribution is -2.19. The fourth-order valence-corrected chi connectivity index (χ4v) is 3.98. The number of carbonyl (C=O) groups excluding carboxylic acids is 1. The molecule has 0 unspecified atom stereocenters. The first-order chi connectivity index (χ1) is 8.34. The van der Waals surface area contributed by atoms with E-state index in [9.17, 15) is 13.2 Å². The van der Waals surface area contributed by atoms with Gasteiger partial charge in [0.2, 0.25) is 0 Å². The highest BCUT2D eigenvalue weighted by atomic mass is 32.2. The number of carbonyl (C=O) groups is 1. The molecule has 0 saturated heterocycles. The Labute approximate surface area is 113 Å². The summed E-state index contributed by atoms with van der Waals surface area (Å²) in [5.74, 6) is -0.196. The van der Waals surface area contributed by atoms with Gasteiger partial charge in [0.05, 0.1) is 10.6 Å². The third kappa shape index (κ3) is 4.90. The van der Waals surface area contributed by atoms with E-state index >= 15 is 0 Å². The highest BCUT2D eigenvalue weighted by Gasteiger charge is 2.19. The number of ketones is 1. The van der Waals surface area contributed by atoms with E-state index in [2.05, 4.69) is 0 Å². The summed E-state index contributed by atoms with van der Waals surface area (Å²) in [4.78, 5) is 13.5. The van der Waals surface area contributed by atoms with Crippen LogP contribution in [-0.2, 0) is 16.3 Å². The quantitative estimate of drug-likeness (QED) is 0.725. The van der Waals surface area contributed by atoms with Gasteiger partial charge in [0.15, 0.2) is 15.6 Å². The number of aryl methyl sites for hydroxylation is 1. The Morgan fingerprint density at radius 3 is 2.50 bits per heavy atom. The first kappa shape index (κ1) is 15.4. The Morgan fingerprint density at radius 1 is 1.33 bits per heavy atom. The molecule has 102 valence electrons. The molecule has 0 aliphatic carbocycles. The molecule has 1 aromatic heterocycles. The van der Waals surface area contributed by atoms with E-state index in [-0.39, 0.29) is 17.3 Å². The van der Waals surface area contributed by atoms with Crippen LogP contribution in [0.25, 0.3) is 0 Å². The summed E-state index contributed by atoms with van der Waals surface area (Å²) >= 11 is 1.39. The molecule has 1 rings (SSSR count). The molecule has 5 heteroatoms. The van der Waals surface area contributed by atoms with E-state index < -0.39 is 9.84 Å². The minimum atomic E-state index is -3.26. The summed E-state index contributed by atoms with van der Waals surface area (Å²) in [6.07, 6.45) is 1.48. The highest BCUT2D eigenvalue weighted by Crippen LogP contribution is 2.18. The Kier molecular flexibility index (Phi) is 5.53. The first-order valence-electron chi connectivity index (χ1n) is 6.16. The van der Waals surface area contributed by atoms with Crippen LogP contribution in [0.15, 0.2) is 12.1 Å². The highest BCUT2D eigenvalue weighted by molar-refractivity contribution is 7.92. The van der Waals surface area contributed by atoms with Gasteiger partial charge in [0.1, 0.15) is 5.75 Å². The zero-order valence-corrected chi connectivity index (χ0v) is 12.7. The fourth-order valence-electron chi connectivity index (χ4n) is 1.48. The van der Waals surface area contributed by atoms with Gasteiger partial charge >= 0.3 is 0 Å². The molecule has 0 atom stereocenters. The van der Waals surface area contributed by atoms with Crippen molar-refractivity contribution in [3.63, 3.8) is 0 Å². The van der Waals surface area contributed by atoms with Crippen molar-refractivity contribution < 1.29 is 13.2 Å². The van der Waals surface area contributed by atoms with E-state index in [0.717, 1.165) is 11.3 Å². The number of sulfone groups is 1. The van der Waals surface area contributed by atoms with Crippen molar-refractivity contribution >= 4 is 27.0 Å². The summed E-state index contributed by atoms with van der Waals surface area (Å²) in [5.41, 5.74) is 0. The molecule has 3 nitrogen and oxygen atoms in total. The normalized spacial score (nSPS) is 12.0. The van der Waals surface area contributed by atoms with Crippen LogP contribution in [0.4, 0.5) is 0 Å². The maximum atomic E-state index is 11.9. The lowest BCUT2D eigenvalue weighted by molar-refractivity contribution is 0.102. The van der Waals surface area contributed by atoms with Gasteiger partial charge in [-0.3, -0.25) is 4.79 Å². The summed E-state index contributed by atoms with van der Waals surface area (Å²) in [7, 11) is -3.26. The number of Topliss-reactive ketones (excluding diaryl/α,β-unsaturated/α-hetero) is 1. The van der Waals surface area contributed by atoms with E-state index in [1.807, 2.05) is 26.8 Å². The standard InChI is InChI=1S/C13H20O3S2/c1-4-11-5-6-13(17-11)12(14)9-18(15,16)8-7-10(2)3/h5-6,10H,4,7-9H2,1-3H3. The molecule has 18 heavy (non-hydrogen) atoms. The molecule has 0 aliphatic heterocycles. The lowest BCUT2D eigenvalue weighted by atomic mass is 10.2. The molecular formula is C13H20O3S2. The second kappa shape index (κ2) is 6.48. The minimum Gasteiger partial charge on any atom is -0.292 e. The molecule has 0 bridgehead atoms. The van der Waals surface area contributed by atoms with Crippen LogP contribution in [0, 0.1) is 5.92 Å². The van der Waals surface area contributed by atoms with Gasteiger partial charge in [-0.1, -0.05) is 20.8 Å². The molecule has 0 radical (unpaired) electrons. The summed E-state index contributed by atoms with van der Waals surface area (Å²) < 4.78 is 23.6. The van der Waals surface area contributed by atoms with E-state index in [1.54, 1.807) is 6.07 Å². The van der Waals surface area contributed by atoms with Crippen molar-refractivity contribution in [1.29, 1.82) is 0 Å². The molecule has 0 aliphatic rings. The van der Waals surface area contributed by atoms with E-state index in [4.69, 9.17) is 0 Å². The Morgan fingerprint density at radius 2 is 2.00 bits per heavy atom. The van der Waals surface area contributed by atoms with Crippen molar-refractivity contribution in [1.82, 2.24) is 0 Å². The predicted molar refractivity (Wildman–Crippen MR) is 76.1 cm³/mol. The van der Waals surface area contributed by atoms with Crippen molar-refractivity contribution in [2.75, 3.05) is 11.5 Å². The average molecular weight is 288 g/mol. The predicted octanol–water partition coefficient (Wildman–Crippen LogP) is 2.95. The summed E-state index contributed by atoms with van der Waals surface area (Å²) in [5, 5.41) is 0. The zero-order chi connectivity index (χ0) is 13.8. The number of hydrogen-bond donors (Lipinski definition) is 0. The number of hydrogen-bond acceptors (Lipinski definition) is 4. The number of thiophene rings is 1. The smallest absolute Gasteiger partial charge is 0.187 e. The second-order valence-electron chi connectivity index (χ2n) is 4.82. The van der Waals surface area contributed by atoms with Crippen LogP contribution in [0.1, 0.15) is 41.7 Å². The summed E-state index contributed by atoms with van der Waals surface area (Å²) in [6.45, 7) is 5.97. The Bertz CT molecular complexity index is 498. The van der Waals surface area contributed by atoms with Crippen LogP contribution in [0.3, 0.4) is 0 Å². The van der Waals surface area contributed by atoms with Gasteiger partial charge in [-0.2, -0.15) is 0 Å². The third-order valence-corrected chi connectivity index (χ3v) is 5.47.